The molecule has 0 aliphatic rings. The fourth-order valence-corrected chi connectivity index (χ4v) is 2.24. The van der Waals surface area contributed by atoms with Gasteiger partial charge in [0.05, 0.1) is 16.1 Å². The van der Waals surface area contributed by atoms with Gasteiger partial charge in [-0.2, -0.15) is 0 Å². The van der Waals surface area contributed by atoms with Gasteiger partial charge < -0.3 is 10.5 Å². The lowest BCUT2D eigenvalue weighted by Crippen LogP contribution is -2.17. The van der Waals surface area contributed by atoms with Crippen molar-refractivity contribution in [2.75, 3.05) is 0 Å². The zero-order valence-electron chi connectivity index (χ0n) is 10.5. The lowest BCUT2D eigenvalue weighted by molar-refractivity contribution is -0.274. The third-order valence-corrected chi connectivity index (χ3v) is 3.62. The van der Waals surface area contributed by atoms with Crippen LogP contribution in [-0.2, 0) is 0 Å². The van der Waals surface area contributed by atoms with Gasteiger partial charge in [0, 0.05) is 0 Å². The largest absolute Gasteiger partial charge is 0.573 e. The Bertz CT molecular complexity index is 629. The van der Waals surface area contributed by atoms with Gasteiger partial charge >= 0.3 is 6.36 Å². The summed E-state index contributed by atoms with van der Waals surface area (Å²) in [7, 11) is 0. The summed E-state index contributed by atoms with van der Waals surface area (Å²) in [5, 5.41) is 0.684. The predicted molar refractivity (Wildman–Crippen MR) is 75.6 cm³/mol. The molecular weight excluding hydrogens is 326 g/mol. The first-order valence-corrected chi connectivity index (χ1v) is 6.59. The van der Waals surface area contributed by atoms with Gasteiger partial charge in [0.1, 0.15) is 5.75 Å². The molecule has 0 aliphatic heterocycles. The highest BCUT2D eigenvalue weighted by molar-refractivity contribution is 6.42. The van der Waals surface area contributed by atoms with Crippen molar-refractivity contribution < 1.29 is 17.9 Å². The molecule has 0 heterocycles. The fraction of sp³-hybridized carbons (Fsp3) is 0.143. The monoisotopic (exact) mass is 335 g/mol. The Morgan fingerprint density at radius 3 is 2.19 bits per heavy atom. The molecule has 1 atom stereocenters. The summed E-state index contributed by atoms with van der Waals surface area (Å²) in [5.41, 5.74) is 7.24. The second-order valence-electron chi connectivity index (χ2n) is 4.24. The van der Waals surface area contributed by atoms with Crippen LogP contribution < -0.4 is 10.5 Å². The van der Waals surface area contributed by atoms with Crippen LogP contribution in [0.1, 0.15) is 17.2 Å². The summed E-state index contributed by atoms with van der Waals surface area (Å²) in [5.74, 6) is -0.310. The van der Waals surface area contributed by atoms with Crippen molar-refractivity contribution in [3.8, 4) is 5.75 Å². The van der Waals surface area contributed by atoms with Crippen molar-refractivity contribution >= 4 is 23.2 Å². The molecule has 2 aromatic carbocycles. The Balaban J connectivity index is 2.24. The van der Waals surface area contributed by atoms with Crippen molar-refractivity contribution in [1.82, 2.24) is 0 Å². The topological polar surface area (TPSA) is 35.2 Å². The van der Waals surface area contributed by atoms with Gasteiger partial charge in [-0.15, -0.1) is 13.2 Å². The molecule has 0 radical (unpaired) electrons. The molecule has 0 amide bonds. The molecule has 0 bridgehead atoms. The molecule has 0 saturated heterocycles. The van der Waals surface area contributed by atoms with E-state index < -0.39 is 12.4 Å². The van der Waals surface area contributed by atoms with Crippen molar-refractivity contribution in [3.63, 3.8) is 0 Å². The number of rotatable bonds is 3. The maximum absolute atomic E-state index is 12.1. The molecule has 0 aliphatic carbocycles. The number of alkyl halides is 3. The molecule has 7 heteroatoms. The Morgan fingerprint density at radius 1 is 1.00 bits per heavy atom. The van der Waals surface area contributed by atoms with E-state index in [0.29, 0.717) is 21.2 Å². The van der Waals surface area contributed by atoms with Crippen LogP contribution in [0.4, 0.5) is 13.2 Å². The number of nitrogens with two attached hydrogens (primary N) is 1. The van der Waals surface area contributed by atoms with Gasteiger partial charge in [0.15, 0.2) is 0 Å². The van der Waals surface area contributed by atoms with E-state index >= 15 is 0 Å². The van der Waals surface area contributed by atoms with E-state index in [9.17, 15) is 13.2 Å². The first-order chi connectivity index (χ1) is 9.78. The molecule has 21 heavy (non-hydrogen) atoms. The highest BCUT2D eigenvalue weighted by atomic mass is 35.5. The maximum atomic E-state index is 12.1. The summed E-state index contributed by atoms with van der Waals surface area (Å²) in [4.78, 5) is 0. The van der Waals surface area contributed by atoms with Crippen LogP contribution in [0, 0.1) is 0 Å². The van der Waals surface area contributed by atoms with E-state index in [4.69, 9.17) is 28.9 Å². The van der Waals surface area contributed by atoms with Gasteiger partial charge in [-0.1, -0.05) is 47.5 Å². The van der Waals surface area contributed by atoms with Crippen molar-refractivity contribution in [2.45, 2.75) is 12.4 Å². The van der Waals surface area contributed by atoms with Crippen LogP contribution in [0.5, 0.6) is 5.75 Å². The van der Waals surface area contributed by atoms with E-state index in [0.717, 1.165) is 0 Å². The lowest BCUT2D eigenvalue weighted by Gasteiger charge is -2.16. The van der Waals surface area contributed by atoms with Gasteiger partial charge in [0.25, 0.3) is 0 Å². The van der Waals surface area contributed by atoms with Crippen LogP contribution in [0.2, 0.25) is 10.0 Å². The highest BCUT2D eigenvalue weighted by Crippen LogP contribution is 2.32. The van der Waals surface area contributed by atoms with E-state index in [-0.39, 0.29) is 5.75 Å². The summed E-state index contributed by atoms with van der Waals surface area (Å²) in [6.45, 7) is 0. The molecule has 0 spiro atoms. The number of benzene rings is 2. The van der Waals surface area contributed by atoms with Gasteiger partial charge in [-0.25, -0.2) is 0 Å². The van der Waals surface area contributed by atoms with Crippen LogP contribution >= 0.6 is 23.2 Å². The molecule has 2 nitrogen and oxygen atoms in total. The summed E-state index contributed by atoms with van der Waals surface area (Å²) >= 11 is 12.0. The van der Waals surface area contributed by atoms with Crippen molar-refractivity contribution in [3.05, 3.63) is 63.6 Å². The second-order valence-corrected chi connectivity index (χ2v) is 5.02. The first kappa shape index (κ1) is 15.9. The standard InChI is InChI=1S/C14H10Cl2F3NO/c15-11-3-1-2-10(12(11)16)13(20)8-4-6-9(7-5-8)21-14(17,18)19/h1-7,13H,20H2. The summed E-state index contributed by atoms with van der Waals surface area (Å²) in [6, 6.07) is 9.72. The van der Waals surface area contributed by atoms with E-state index in [2.05, 4.69) is 4.74 Å². The zero-order valence-corrected chi connectivity index (χ0v) is 12.0. The van der Waals surface area contributed by atoms with E-state index in [1.165, 1.54) is 24.3 Å². The van der Waals surface area contributed by atoms with Crippen LogP contribution in [0.15, 0.2) is 42.5 Å². The normalized spacial score (nSPS) is 13.0. The maximum Gasteiger partial charge on any atom is 0.573 e. The molecule has 2 aromatic rings. The minimum Gasteiger partial charge on any atom is -0.406 e. The molecule has 0 fully saturated rings. The Morgan fingerprint density at radius 2 is 1.62 bits per heavy atom. The zero-order chi connectivity index (χ0) is 15.6. The minimum atomic E-state index is -4.72. The van der Waals surface area contributed by atoms with Gasteiger partial charge in [-0.05, 0) is 29.3 Å². The predicted octanol–water partition coefficient (Wildman–Crippen LogP) is 4.94. The third kappa shape index (κ3) is 4.03. The third-order valence-electron chi connectivity index (χ3n) is 2.79. The van der Waals surface area contributed by atoms with Crippen LogP contribution in [-0.4, -0.2) is 6.36 Å². The summed E-state index contributed by atoms with van der Waals surface area (Å²) in [6.07, 6.45) is -4.72. The molecular formula is C14H10Cl2F3NO. The van der Waals surface area contributed by atoms with Crippen LogP contribution in [0.3, 0.4) is 0 Å². The van der Waals surface area contributed by atoms with Crippen molar-refractivity contribution in [2.24, 2.45) is 5.73 Å². The SMILES string of the molecule is NC(c1ccc(OC(F)(F)F)cc1)c1cccc(Cl)c1Cl. The molecule has 1 unspecified atom stereocenters. The number of halogens is 5. The molecule has 0 aromatic heterocycles. The number of hydrogen-bond donors (Lipinski definition) is 1. The van der Waals surface area contributed by atoms with Crippen LogP contribution in [0.25, 0.3) is 0 Å². The quantitative estimate of drug-likeness (QED) is 0.862. The molecule has 0 saturated carbocycles. The van der Waals surface area contributed by atoms with Gasteiger partial charge in [0.2, 0.25) is 0 Å². The smallest absolute Gasteiger partial charge is 0.406 e. The Labute approximate surface area is 129 Å². The fourth-order valence-electron chi connectivity index (χ4n) is 1.82. The number of ether oxygens (including phenoxy) is 1. The molecule has 2 rings (SSSR count). The van der Waals surface area contributed by atoms with Gasteiger partial charge in [-0.3, -0.25) is 0 Å². The second kappa shape index (κ2) is 6.13. The highest BCUT2D eigenvalue weighted by Gasteiger charge is 2.31. The van der Waals surface area contributed by atoms with Crippen molar-refractivity contribution in [1.29, 1.82) is 0 Å². The van der Waals surface area contributed by atoms with E-state index in [1.54, 1.807) is 18.2 Å². The van der Waals surface area contributed by atoms with E-state index in [1.807, 2.05) is 0 Å². The Kier molecular flexibility index (Phi) is 4.66. The summed E-state index contributed by atoms with van der Waals surface area (Å²) < 4.78 is 40.0. The average molecular weight is 336 g/mol. The lowest BCUT2D eigenvalue weighted by atomic mass is 9.99. The molecule has 2 N–H and O–H groups in total. The first-order valence-electron chi connectivity index (χ1n) is 5.83. The minimum absolute atomic E-state index is 0.310. The Hall–Kier alpha value is -1.43. The molecule has 112 valence electrons. The number of hydrogen-bond acceptors (Lipinski definition) is 2. The average Bonchev–Trinajstić information content (AvgIpc) is 2.40.